The Morgan fingerprint density at radius 2 is 1.86 bits per heavy atom. The van der Waals surface area contributed by atoms with Gasteiger partial charge in [0.1, 0.15) is 6.10 Å². The van der Waals surface area contributed by atoms with Gasteiger partial charge in [-0.05, 0) is 94.0 Å². The molecule has 0 bridgehead atoms. The van der Waals surface area contributed by atoms with Crippen molar-refractivity contribution in [1.82, 2.24) is 0 Å². The second-order valence-corrected chi connectivity index (χ2v) is 13.0. The van der Waals surface area contributed by atoms with Crippen LogP contribution in [0.15, 0.2) is 36.1 Å². The molecular weight excluding hydrogens is 456 g/mol. The molecule has 4 aliphatic carbocycles. The van der Waals surface area contributed by atoms with Crippen LogP contribution in [0.1, 0.15) is 79.1 Å². The van der Waals surface area contributed by atoms with Gasteiger partial charge in [0.05, 0.1) is 11.0 Å². The third-order valence-electron chi connectivity index (χ3n) is 10.7. The highest BCUT2D eigenvalue weighted by Crippen LogP contribution is 2.58. The number of ketones is 1. The average molecular weight is 497 g/mol. The lowest BCUT2D eigenvalue weighted by molar-refractivity contribution is -0.153. The highest BCUT2D eigenvalue weighted by molar-refractivity contribution is 6.05. The predicted molar refractivity (Wildman–Crippen MR) is 134 cm³/mol. The van der Waals surface area contributed by atoms with E-state index in [1.165, 1.54) is 0 Å². The number of hydrogen-bond acceptors (Lipinski definition) is 6. The summed E-state index contributed by atoms with van der Waals surface area (Å²) in [5.74, 6) is -1.37. The molecule has 0 aromatic rings. The van der Waals surface area contributed by atoms with E-state index in [1.54, 1.807) is 6.08 Å². The lowest BCUT2D eigenvalue weighted by Crippen LogP contribution is -2.45. The van der Waals surface area contributed by atoms with Gasteiger partial charge < -0.3 is 14.6 Å². The summed E-state index contributed by atoms with van der Waals surface area (Å²) in [6.07, 6.45) is 7.94. The maximum atomic E-state index is 13.8. The summed E-state index contributed by atoms with van der Waals surface area (Å²) in [4.78, 5) is 39.4. The van der Waals surface area contributed by atoms with E-state index in [-0.39, 0.29) is 46.5 Å². The highest BCUT2D eigenvalue weighted by Gasteiger charge is 2.62. The quantitative estimate of drug-likeness (QED) is 0.434. The topological polar surface area (TPSA) is 89.9 Å². The first-order chi connectivity index (χ1) is 16.8. The Balaban J connectivity index is 1.35. The van der Waals surface area contributed by atoms with Gasteiger partial charge >= 0.3 is 11.9 Å². The van der Waals surface area contributed by atoms with E-state index in [0.717, 1.165) is 38.5 Å². The number of rotatable bonds is 3. The van der Waals surface area contributed by atoms with Gasteiger partial charge in [0.2, 0.25) is 5.78 Å². The molecule has 1 saturated heterocycles. The van der Waals surface area contributed by atoms with Crippen molar-refractivity contribution in [2.75, 3.05) is 0 Å². The van der Waals surface area contributed by atoms with Crippen molar-refractivity contribution < 1.29 is 29.0 Å². The van der Waals surface area contributed by atoms with Crippen molar-refractivity contribution >= 4 is 17.7 Å². The number of carbonyl (C=O) groups is 3. The van der Waals surface area contributed by atoms with E-state index in [2.05, 4.69) is 27.0 Å². The highest BCUT2D eigenvalue weighted by atomic mass is 16.6. The molecule has 0 aromatic carbocycles. The number of Topliss-reactive ketones (excluding diaryl/α,β-unsaturated/α-hetero) is 1. The van der Waals surface area contributed by atoms with Crippen LogP contribution < -0.4 is 0 Å². The Morgan fingerprint density at radius 3 is 2.58 bits per heavy atom. The van der Waals surface area contributed by atoms with Crippen LogP contribution in [0.3, 0.4) is 0 Å². The minimum Gasteiger partial charge on any atom is -0.457 e. The molecule has 1 aliphatic heterocycles. The smallest absolute Gasteiger partial charge is 0.339 e. The molecular formula is C30H40O6. The fraction of sp³-hybridized carbons (Fsp3) is 0.700. The van der Waals surface area contributed by atoms with Gasteiger partial charge in [0.25, 0.3) is 0 Å². The molecule has 0 spiro atoms. The van der Waals surface area contributed by atoms with Crippen LogP contribution in [-0.4, -0.2) is 34.5 Å². The minimum absolute atomic E-state index is 0.0419. The van der Waals surface area contributed by atoms with Crippen molar-refractivity contribution in [3.63, 3.8) is 0 Å². The van der Waals surface area contributed by atoms with Crippen LogP contribution in [0.25, 0.3) is 0 Å². The number of ether oxygens (including phenoxy) is 2. The van der Waals surface area contributed by atoms with Crippen LogP contribution in [0.5, 0.6) is 0 Å². The molecule has 6 heteroatoms. The summed E-state index contributed by atoms with van der Waals surface area (Å²) in [6.45, 7) is 16.1. The number of allylic oxidation sites excluding steroid dienone is 2. The molecule has 3 saturated carbocycles. The number of fused-ring (bicyclic) bond motifs is 4. The Kier molecular flexibility index (Phi) is 5.94. The number of hydrogen-bond donors (Lipinski definition) is 1. The summed E-state index contributed by atoms with van der Waals surface area (Å²) in [5, 5.41) is 11.2. The van der Waals surface area contributed by atoms with Crippen LogP contribution in [0.4, 0.5) is 0 Å². The van der Waals surface area contributed by atoms with E-state index in [4.69, 9.17) is 9.47 Å². The van der Waals surface area contributed by atoms with E-state index in [1.807, 2.05) is 13.8 Å². The normalized spacial score (nSPS) is 46.1. The van der Waals surface area contributed by atoms with Crippen LogP contribution in [0.2, 0.25) is 0 Å². The van der Waals surface area contributed by atoms with Gasteiger partial charge in [-0.1, -0.05) is 33.4 Å². The first-order valence-electron chi connectivity index (χ1n) is 13.6. The molecule has 0 unspecified atom stereocenters. The van der Waals surface area contributed by atoms with Crippen molar-refractivity contribution in [2.45, 2.75) is 90.8 Å². The van der Waals surface area contributed by atoms with Gasteiger partial charge in [0.15, 0.2) is 5.76 Å². The van der Waals surface area contributed by atoms with Crippen LogP contribution in [0, 0.1) is 40.4 Å². The van der Waals surface area contributed by atoms with Crippen molar-refractivity contribution in [3.05, 3.63) is 36.1 Å². The van der Waals surface area contributed by atoms with Crippen molar-refractivity contribution in [2.24, 2.45) is 40.4 Å². The molecule has 6 nitrogen and oxygen atoms in total. The summed E-state index contributed by atoms with van der Waals surface area (Å²) in [5.41, 5.74) is -0.985. The third-order valence-corrected chi connectivity index (χ3v) is 10.7. The standard InChI is InChI=1S/C30H40O6/c1-16-9-10-20-18(3)27(33)36-25(20)30(6)21(16)14-22(24(30)31)35-26(32)17(2)19-11-13-29(5,34)23-8-7-12-28(23,4)15-19/h14,16,19-21,23,25,34H,2-3,7-13,15H2,1,4-6H3/t16-,19+,20-,21-,23+,25+,28-,29+,30-/m0/s1. The second kappa shape index (κ2) is 8.41. The molecule has 1 N–H and O–H groups in total. The Hall–Kier alpha value is -2.21. The van der Waals surface area contributed by atoms with E-state index in [9.17, 15) is 19.5 Å². The molecule has 5 rings (SSSR count). The fourth-order valence-electron chi connectivity index (χ4n) is 8.55. The zero-order valence-corrected chi connectivity index (χ0v) is 22.1. The van der Waals surface area contributed by atoms with Gasteiger partial charge in [-0.15, -0.1) is 0 Å². The van der Waals surface area contributed by atoms with Crippen LogP contribution >= 0.6 is 0 Å². The molecule has 196 valence electrons. The van der Waals surface area contributed by atoms with E-state index in [0.29, 0.717) is 24.0 Å². The number of esters is 2. The molecule has 0 amide bonds. The number of aliphatic hydroxyl groups is 1. The van der Waals surface area contributed by atoms with Crippen LogP contribution in [-0.2, 0) is 23.9 Å². The average Bonchev–Trinajstić information content (AvgIpc) is 3.38. The summed E-state index contributed by atoms with van der Waals surface area (Å²) < 4.78 is 11.5. The lowest BCUT2D eigenvalue weighted by Gasteiger charge is -2.39. The monoisotopic (exact) mass is 496 g/mol. The molecule has 0 radical (unpaired) electrons. The molecule has 4 fully saturated rings. The molecule has 0 aromatic heterocycles. The Bertz CT molecular complexity index is 1070. The maximum Gasteiger partial charge on any atom is 0.339 e. The molecule has 1 heterocycles. The molecule has 9 atom stereocenters. The number of carbonyl (C=O) groups excluding carboxylic acids is 3. The first kappa shape index (κ1) is 25.4. The minimum atomic E-state index is -0.988. The Labute approximate surface area is 214 Å². The van der Waals surface area contributed by atoms with Gasteiger partial charge in [-0.25, -0.2) is 9.59 Å². The predicted octanol–water partition coefficient (Wildman–Crippen LogP) is 5.06. The van der Waals surface area contributed by atoms with Gasteiger partial charge in [-0.2, -0.15) is 0 Å². The van der Waals surface area contributed by atoms with E-state index >= 15 is 0 Å². The Morgan fingerprint density at radius 1 is 1.14 bits per heavy atom. The van der Waals surface area contributed by atoms with E-state index < -0.39 is 29.1 Å². The van der Waals surface area contributed by atoms with Gasteiger partial charge in [0, 0.05) is 17.1 Å². The summed E-state index contributed by atoms with van der Waals surface area (Å²) >= 11 is 0. The van der Waals surface area contributed by atoms with Gasteiger partial charge in [-0.3, -0.25) is 4.79 Å². The second-order valence-electron chi connectivity index (χ2n) is 13.0. The SMILES string of the molecule is C=C(C(=O)OC1=C[C@H]2[C@@H](C)CC[C@H]3C(=C)C(=O)O[C@H]3[C@]2(C)C1=O)[C@@H]1CC[C@@](C)(O)[C@@H]2CCC[C@@]2(C)C1. The molecule has 5 aliphatic rings. The lowest BCUT2D eigenvalue weighted by atomic mass is 9.68. The zero-order valence-electron chi connectivity index (χ0n) is 22.1. The first-order valence-corrected chi connectivity index (χ1v) is 13.6. The molecule has 36 heavy (non-hydrogen) atoms. The maximum absolute atomic E-state index is 13.8. The fourth-order valence-corrected chi connectivity index (χ4v) is 8.55. The van der Waals surface area contributed by atoms with Crippen molar-refractivity contribution in [3.8, 4) is 0 Å². The third kappa shape index (κ3) is 3.66. The largest absolute Gasteiger partial charge is 0.457 e. The zero-order chi connectivity index (χ0) is 26.2. The van der Waals surface area contributed by atoms with Crippen molar-refractivity contribution in [1.29, 1.82) is 0 Å². The summed E-state index contributed by atoms with van der Waals surface area (Å²) in [7, 11) is 0. The summed E-state index contributed by atoms with van der Waals surface area (Å²) in [6, 6.07) is 0.